The number of ether oxygens (including phenoxy) is 1. The molecule has 1 aromatic carbocycles. The molecule has 2 unspecified atom stereocenters. The van der Waals surface area contributed by atoms with E-state index in [1.54, 1.807) is 32.9 Å². The largest absolute Gasteiger partial charge is 0.454 e. The zero-order chi connectivity index (χ0) is 28.8. The third-order valence-electron chi connectivity index (χ3n) is 7.55. The van der Waals surface area contributed by atoms with Gasteiger partial charge in [0.2, 0.25) is 0 Å². The first-order chi connectivity index (χ1) is 18.9. The molecule has 2 atom stereocenters. The van der Waals surface area contributed by atoms with Crippen LogP contribution in [0.4, 0.5) is 19.3 Å². The zero-order valence-corrected chi connectivity index (χ0v) is 24.1. The second kappa shape index (κ2) is 10.5. The number of furan rings is 1. The topological polar surface area (TPSA) is 129 Å². The molecule has 0 radical (unpaired) electrons. The molecule has 1 saturated carbocycles. The summed E-state index contributed by atoms with van der Waals surface area (Å²) in [5.41, 5.74) is 4.73. The van der Waals surface area contributed by atoms with Gasteiger partial charge in [-0.2, -0.15) is 0 Å². The van der Waals surface area contributed by atoms with Crippen molar-refractivity contribution < 1.29 is 27.5 Å². The molecule has 1 aliphatic heterocycles. The van der Waals surface area contributed by atoms with E-state index in [-0.39, 0.29) is 39.6 Å². The number of nitrogen functional groups attached to an aromatic ring is 1. The van der Waals surface area contributed by atoms with E-state index in [4.69, 9.17) is 14.9 Å². The standard InChI is InChI=1S/C27H31BrF2N6O4/c1-26(2,3)40-25(38)32-14-27-9-8-15(27)5-4-10-36(27)24(37)20-7-6-16(39-20)12-35-13-19(33-34-35)17-11-18(29)21(28)22(30)23(17)31/h6-7,11,13,15H,4-5,8-10,12,14,31H2,1-3H3,(H,32,38). The lowest BCUT2D eigenvalue weighted by molar-refractivity contribution is -0.0588. The van der Waals surface area contributed by atoms with Crippen molar-refractivity contribution in [3.8, 4) is 11.3 Å². The number of hydrogen-bond donors (Lipinski definition) is 2. The minimum Gasteiger partial charge on any atom is -0.454 e. The van der Waals surface area contributed by atoms with Gasteiger partial charge in [0, 0.05) is 18.7 Å². The number of halogens is 3. The van der Waals surface area contributed by atoms with E-state index in [1.807, 2.05) is 4.90 Å². The first kappa shape index (κ1) is 28.1. The SMILES string of the molecule is CC(C)(C)OC(=O)NCC12CCC1CCCN2C(=O)c1ccc(Cn2cc(-c3cc(F)c(Br)c(F)c3N)nn2)o1. The fraction of sp³-hybridized carbons (Fsp3) is 0.481. The molecule has 2 aliphatic rings. The number of benzene rings is 1. The Morgan fingerprint density at radius 3 is 2.77 bits per heavy atom. The van der Waals surface area contributed by atoms with Crippen molar-refractivity contribution in [3.63, 3.8) is 0 Å². The lowest BCUT2D eigenvalue weighted by Gasteiger charge is -2.59. The quantitative estimate of drug-likeness (QED) is 0.289. The van der Waals surface area contributed by atoms with E-state index in [0.717, 1.165) is 31.7 Å². The van der Waals surface area contributed by atoms with Gasteiger partial charge in [0.05, 0.1) is 21.9 Å². The summed E-state index contributed by atoms with van der Waals surface area (Å²) in [6, 6.07) is 4.38. The average Bonchev–Trinajstić information content (AvgIpc) is 3.54. The number of piperidine rings is 1. The number of hydrogen-bond acceptors (Lipinski definition) is 7. The number of anilines is 1. The van der Waals surface area contributed by atoms with Gasteiger partial charge >= 0.3 is 6.09 Å². The summed E-state index contributed by atoms with van der Waals surface area (Å²) in [7, 11) is 0. The molecule has 3 aromatic rings. The number of likely N-dealkylation sites (tertiary alicyclic amines) is 1. The van der Waals surface area contributed by atoms with Crippen LogP contribution in [-0.4, -0.2) is 56.1 Å². The fourth-order valence-corrected chi connectivity index (χ4v) is 5.86. The number of rotatable bonds is 6. The van der Waals surface area contributed by atoms with E-state index < -0.39 is 28.9 Å². The summed E-state index contributed by atoms with van der Waals surface area (Å²) in [4.78, 5) is 27.8. The molecular formula is C27H31BrF2N6O4. The predicted molar refractivity (Wildman–Crippen MR) is 145 cm³/mol. The molecule has 0 bridgehead atoms. The highest BCUT2D eigenvalue weighted by molar-refractivity contribution is 9.10. The summed E-state index contributed by atoms with van der Waals surface area (Å²) in [5.74, 6) is -1.04. The van der Waals surface area contributed by atoms with Crippen molar-refractivity contribution in [1.82, 2.24) is 25.2 Å². The summed E-state index contributed by atoms with van der Waals surface area (Å²) >= 11 is 2.83. The van der Waals surface area contributed by atoms with Gasteiger partial charge in [-0.1, -0.05) is 5.21 Å². The van der Waals surface area contributed by atoms with E-state index in [0.29, 0.717) is 24.8 Å². The Hall–Kier alpha value is -3.48. The lowest BCUT2D eigenvalue weighted by Crippen LogP contribution is -2.69. The smallest absolute Gasteiger partial charge is 0.407 e. The summed E-state index contributed by atoms with van der Waals surface area (Å²) in [5, 5.41) is 10.9. The molecule has 2 amide bonds. The van der Waals surface area contributed by atoms with Crippen LogP contribution in [-0.2, 0) is 11.3 Å². The van der Waals surface area contributed by atoms with Gasteiger partial charge in [-0.3, -0.25) is 4.79 Å². The van der Waals surface area contributed by atoms with Crippen molar-refractivity contribution in [2.24, 2.45) is 5.92 Å². The molecular weight excluding hydrogens is 590 g/mol. The third-order valence-corrected chi connectivity index (χ3v) is 8.27. The predicted octanol–water partition coefficient (Wildman–Crippen LogP) is 5.12. The second-order valence-corrected chi connectivity index (χ2v) is 12.1. The zero-order valence-electron chi connectivity index (χ0n) is 22.5. The highest BCUT2D eigenvalue weighted by Gasteiger charge is 2.54. The van der Waals surface area contributed by atoms with Crippen LogP contribution in [0.3, 0.4) is 0 Å². The van der Waals surface area contributed by atoms with E-state index in [9.17, 15) is 18.4 Å². The van der Waals surface area contributed by atoms with Crippen molar-refractivity contribution in [2.75, 3.05) is 18.8 Å². The van der Waals surface area contributed by atoms with Crippen LogP contribution in [0.2, 0.25) is 0 Å². The molecule has 0 spiro atoms. The molecule has 40 heavy (non-hydrogen) atoms. The highest BCUT2D eigenvalue weighted by Crippen LogP contribution is 2.49. The van der Waals surface area contributed by atoms with Gasteiger partial charge in [0.1, 0.15) is 29.4 Å². The molecule has 3 N–H and O–H groups in total. The molecule has 1 saturated heterocycles. The number of fused-ring (bicyclic) bond motifs is 1. The third kappa shape index (κ3) is 5.30. The fourth-order valence-electron chi connectivity index (χ4n) is 5.53. The first-order valence-electron chi connectivity index (χ1n) is 13.1. The van der Waals surface area contributed by atoms with Crippen molar-refractivity contribution in [1.29, 1.82) is 0 Å². The Balaban J connectivity index is 1.29. The van der Waals surface area contributed by atoms with Crippen LogP contribution in [0.1, 0.15) is 62.8 Å². The second-order valence-electron chi connectivity index (χ2n) is 11.3. The summed E-state index contributed by atoms with van der Waals surface area (Å²) < 4.78 is 40.6. The molecule has 2 aromatic heterocycles. The number of amides is 2. The molecule has 13 heteroatoms. The van der Waals surface area contributed by atoms with Crippen LogP contribution < -0.4 is 11.1 Å². The summed E-state index contributed by atoms with van der Waals surface area (Å²) in [6.07, 6.45) is 4.63. The summed E-state index contributed by atoms with van der Waals surface area (Å²) in [6.45, 7) is 6.42. The number of nitrogens with zero attached hydrogens (tertiary/aromatic N) is 4. The van der Waals surface area contributed by atoms with E-state index >= 15 is 0 Å². The van der Waals surface area contributed by atoms with Crippen molar-refractivity contribution >= 4 is 33.6 Å². The molecule has 3 heterocycles. The lowest BCUT2D eigenvalue weighted by atomic mass is 9.61. The number of nitrogens with two attached hydrogens (primary N) is 1. The Kier molecular flexibility index (Phi) is 7.36. The Bertz CT molecular complexity index is 1450. The number of aromatic nitrogens is 3. The van der Waals surface area contributed by atoms with Crippen molar-refractivity contribution in [2.45, 2.75) is 64.1 Å². The van der Waals surface area contributed by atoms with Gasteiger partial charge in [0.25, 0.3) is 5.91 Å². The molecule has 1 aliphatic carbocycles. The van der Waals surface area contributed by atoms with Crippen LogP contribution >= 0.6 is 15.9 Å². The van der Waals surface area contributed by atoms with Gasteiger partial charge in [-0.05, 0) is 86.5 Å². The Labute approximate surface area is 238 Å². The molecule has 214 valence electrons. The van der Waals surface area contributed by atoms with Crippen molar-refractivity contribution in [3.05, 3.63) is 52.0 Å². The molecule has 10 nitrogen and oxygen atoms in total. The van der Waals surface area contributed by atoms with Gasteiger partial charge in [-0.15, -0.1) is 5.10 Å². The van der Waals surface area contributed by atoms with E-state index in [1.165, 1.54) is 10.9 Å². The molecule has 5 rings (SSSR count). The number of carbonyl (C=O) groups is 2. The van der Waals surface area contributed by atoms with Crippen LogP contribution in [0.5, 0.6) is 0 Å². The maximum absolute atomic E-state index is 14.2. The normalized spacial score (nSPS) is 20.6. The van der Waals surface area contributed by atoms with E-state index in [2.05, 4.69) is 31.6 Å². The minimum atomic E-state index is -0.913. The number of alkyl carbamates (subject to hydrolysis) is 1. The average molecular weight is 621 g/mol. The van der Waals surface area contributed by atoms with Gasteiger partial charge in [-0.25, -0.2) is 18.3 Å². The minimum absolute atomic E-state index is 0.0743. The van der Waals surface area contributed by atoms with Gasteiger partial charge in [0.15, 0.2) is 11.6 Å². The monoisotopic (exact) mass is 620 g/mol. The highest BCUT2D eigenvalue weighted by atomic mass is 79.9. The van der Waals surface area contributed by atoms with Crippen LogP contribution in [0.15, 0.2) is 33.3 Å². The number of nitrogens with one attached hydrogen (secondary N) is 1. The molecule has 2 fully saturated rings. The first-order valence-corrected chi connectivity index (χ1v) is 13.9. The van der Waals surface area contributed by atoms with Crippen LogP contribution in [0, 0.1) is 17.6 Å². The Morgan fingerprint density at radius 1 is 1.30 bits per heavy atom. The maximum atomic E-state index is 14.2. The maximum Gasteiger partial charge on any atom is 0.407 e. The Morgan fingerprint density at radius 2 is 2.08 bits per heavy atom. The van der Waals surface area contributed by atoms with Gasteiger partial charge < -0.3 is 25.1 Å². The van der Waals surface area contributed by atoms with Crippen LogP contribution in [0.25, 0.3) is 11.3 Å². The number of carbonyl (C=O) groups excluding carboxylic acids is 2.